The van der Waals surface area contributed by atoms with E-state index in [1.165, 1.54) is 167 Å². The fourth-order valence-corrected chi connectivity index (χ4v) is 9.91. The summed E-state index contributed by atoms with van der Waals surface area (Å²) in [6.07, 6.45) is 59.6. The first-order valence-corrected chi connectivity index (χ1v) is 32.3. The van der Waals surface area contributed by atoms with Crippen molar-refractivity contribution in [2.45, 2.75) is 327 Å². The normalized spacial score (nSPS) is 19.4. The van der Waals surface area contributed by atoms with Gasteiger partial charge in [0.15, 0.2) is 12.4 Å². The van der Waals surface area contributed by atoms with Crippen molar-refractivity contribution in [3.05, 3.63) is 72.9 Å². The van der Waals surface area contributed by atoms with Gasteiger partial charge in [0.1, 0.15) is 24.4 Å². The maximum atomic E-state index is 13.4. The molecule has 8 atom stereocenters. The van der Waals surface area contributed by atoms with Gasteiger partial charge in [0.2, 0.25) is 5.91 Å². The predicted molar refractivity (Wildman–Crippen MR) is 324 cm³/mol. The summed E-state index contributed by atoms with van der Waals surface area (Å²) in [6.45, 7) is 5.63. The standard InChI is InChI=1S/C67H119NO10/c1-4-7-10-13-16-19-22-25-27-28-29-30-31-32-33-34-35-37-40-43-46-49-52-55-62(72)78-65-64(74)63(73)61(56-69)77-67(65)76-57-58(59(70)53-50-47-44-41-38-24-21-18-15-12-9-6-3)68-66(75)60(71)54-51-48-45-42-39-36-26-23-20-17-14-11-8-5-2/h8,11,14,17,20,23,26,36,39,42,50,53,58-61,63-65,67,69-71,73-74H,4-7,9-10,12-13,15-16,18-19,21-22,24-25,27-35,37-38,40-41,43-49,51-52,54-57H2,1-3H3,(H,68,75)/b11-8+,17-14+,23-20-,36-26-,42-39+,53-50+. The average Bonchev–Trinajstić information content (AvgIpc) is 3.45. The van der Waals surface area contributed by atoms with Crippen LogP contribution in [0.4, 0.5) is 0 Å². The van der Waals surface area contributed by atoms with Gasteiger partial charge in [-0.2, -0.15) is 0 Å². The van der Waals surface area contributed by atoms with Crippen LogP contribution >= 0.6 is 0 Å². The van der Waals surface area contributed by atoms with Gasteiger partial charge in [-0.15, -0.1) is 0 Å². The quantitative estimate of drug-likeness (QED) is 0.0149. The average molecular weight is 1100 g/mol. The molecule has 1 rings (SSSR count). The number of aliphatic hydroxyl groups excluding tert-OH is 5. The third kappa shape index (κ3) is 42.0. The van der Waals surface area contributed by atoms with Crippen LogP contribution < -0.4 is 5.32 Å². The number of rotatable bonds is 54. The van der Waals surface area contributed by atoms with E-state index in [4.69, 9.17) is 14.2 Å². The highest BCUT2D eigenvalue weighted by molar-refractivity contribution is 5.80. The number of nitrogens with one attached hydrogen (secondary N) is 1. The van der Waals surface area contributed by atoms with Gasteiger partial charge in [-0.05, 0) is 44.9 Å². The molecule has 1 aliphatic rings. The molecule has 6 N–H and O–H groups in total. The zero-order chi connectivity index (χ0) is 56.8. The molecular weight excluding hydrogens is 979 g/mol. The van der Waals surface area contributed by atoms with Gasteiger partial charge in [0.25, 0.3) is 0 Å². The third-order valence-electron chi connectivity index (χ3n) is 15.0. The zero-order valence-electron chi connectivity index (χ0n) is 50.0. The van der Waals surface area contributed by atoms with Crippen LogP contribution in [0.3, 0.4) is 0 Å². The first kappa shape index (κ1) is 73.1. The second-order valence-corrected chi connectivity index (χ2v) is 22.2. The summed E-state index contributed by atoms with van der Waals surface area (Å²) in [6, 6.07) is -1.05. The Balaban J connectivity index is 2.62. The van der Waals surface area contributed by atoms with E-state index in [0.717, 1.165) is 64.2 Å². The monoisotopic (exact) mass is 1100 g/mol. The molecule has 8 unspecified atom stereocenters. The van der Waals surface area contributed by atoms with Crippen molar-refractivity contribution in [3.8, 4) is 0 Å². The van der Waals surface area contributed by atoms with E-state index < -0.39 is 67.4 Å². The smallest absolute Gasteiger partial charge is 0.306 e. The fourth-order valence-electron chi connectivity index (χ4n) is 9.91. The number of esters is 1. The van der Waals surface area contributed by atoms with Crippen LogP contribution in [-0.2, 0) is 23.8 Å². The van der Waals surface area contributed by atoms with Gasteiger partial charge in [0, 0.05) is 6.42 Å². The molecule has 0 aromatic heterocycles. The lowest BCUT2D eigenvalue weighted by molar-refractivity contribution is -0.305. The van der Waals surface area contributed by atoms with E-state index >= 15 is 0 Å². The highest BCUT2D eigenvalue weighted by atomic mass is 16.7. The van der Waals surface area contributed by atoms with Crippen molar-refractivity contribution in [3.63, 3.8) is 0 Å². The van der Waals surface area contributed by atoms with Gasteiger partial charge >= 0.3 is 5.97 Å². The molecule has 1 amide bonds. The summed E-state index contributed by atoms with van der Waals surface area (Å²) >= 11 is 0. The fraction of sp³-hybridized carbons (Fsp3) is 0.791. The van der Waals surface area contributed by atoms with Crippen molar-refractivity contribution >= 4 is 11.9 Å². The number of carbonyl (C=O) groups excluding carboxylic acids is 2. The molecule has 0 saturated carbocycles. The lowest BCUT2D eigenvalue weighted by atomic mass is 9.99. The first-order chi connectivity index (χ1) is 38.2. The van der Waals surface area contributed by atoms with Crippen molar-refractivity contribution in [2.24, 2.45) is 0 Å². The molecule has 1 aliphatic heterocycles. The summed E-state index contributed by atoms with van der Waals surface area (Å²) in [5.41, 5.74) is 0. The Kier molecular flexibility index (Phi) is 51.3. The Morgan fingerprint density at radius 1 is 0.513 bits per heavy atom. The highest BCUT2D eigenvalue weighted by Crippen LogP contribution is 2.26. The number of hydrogen-bond donors (Lipinski definition) is 6. The van der Waals surface area contributed by atoms with E-state index in [9.17, 15) is 35.1 Å². The molecule has 78 heavy (non-hydrogen) atoms. The Hall–Kier alpha value is -2.90. The maximum Gasteiger partial charge on any atom is 0.306 e. The molecule has 1 fully saturated rings. The molecule has 11 nitrogen and oxygen atoms in total. The maximum absolute atomic E-state index is 13.4. The van der Waals surface area contributed by atoms with Gasteiger partial charge in [-0.3, -0.25) is 9.59 Å². The van der Waals surface area contributed by atoms with Gasteiger partial charge in [-0.1, -0.05) is 299 Å². The van der Waals surface area contributed by atoms with E-state index in [0.29, 0.717) is 12.8 Å². The van der Waals surface area contributed by atoms with Crippen LogP contribution in [-0.4, -0.2) is 99.6 Å². The molecule has 0 bridgehead atoms. The number of ether oxygens (including phenoxy) is 3. The van der Waals surface area contributed by atoms with Crippen LogP contribution in [0.2, 0.25) is 0 Å². The molecular formula is C67H119NO10. The van der Waals surface area contributed by atoms with Gasteiger partial charge in [0.05, 0.1) is 25.4 Å². The van der Waals surface area contributed by atoms with E-state index in [2.05, 4.69) is 32.2 Å². The second-order valence-electron chi connectivity index (χ2n) is 22.2. The van der Waals surface area contributed by atoms with Crippen LogP contribution in [0.25, 0.3) is 0 Å². The van der Waals surface area contributed by atoms with Crippen molar-refractivity contribution < 1.29 is 49.3 Å². The zero-order valence-corrected chi connectivity index (χ0v) is 50.0. The molecule has 1 heterocycles. The highest BCUT2D eigenvalue weighted by Gasteiger charge is 2.47. The lowest BCUT2D eigenvalue weighted by Gasteiger charge is -2.41. The van der Waals surface area contributed by atoms with Crippen molar-refractivity contribution in [2.75, 3.05) is 13.2 Å². The number of allylic oxidation sites excluding steroid dienone is 11. The second kappa shape index (κ2) is 54.7. The molecule has 0 radical (unpaired) electrons. The van der Waals surface area contributed by atoms with Crippen LogP contribution in [0.1, 0.15) is 278 Å². The number of carbonyl (C=O) groups is 2. The van der Waals surface area contributed by atoms with E-state index in [1.54, 1.807) is 6.08 Å². The number of hydrogen-bond acceptors (Lipinski definition) is 10. The van der Waals surface area contributed by atoms with Crippen molar-refractivity contribution in [1.29, 1.82) is 0 Å². The Morgan fingerprint density at radius 3 is 1.38 bits per heavy atom. The van der Waals surface area contributed by atoms with E-state index in [-0.39, 0.29) is 19.4 Å². The molecule has 0 aliphatic carbocycles. The Labute approximate surface area is 477 Å². The number of aliphatic hydroxyl groups is 5. The van der Waals surface area contributed by atoms with Crippen LogP contribution in [0.5, 0.6) is 0 Å². The molecule has 452 valence electrons. The molecule has 0 aromatic rings. The minimum Gasteiger partial charge on any atom is -0.454 e. The lowest BCUT2D eigenvalue weighted by Crippen LogP contribution is -2.61. The SMILES string of the molecule is CC/C=C/C=C/C=C\C=C/C=C/CCCCC(O)C(=O)NC(COC1OC(CO)C(O)C(O)C1OC(=O)CCCCCCCCCCCCCCCCCCCCCCCCC)C(O)/C=C/CCCCCCCCCCCC. The minimum atomic E-state index is -1.62. The van der Waals surface area contributed by atoms with Gasteiger partial charge < -0.3 is 45.1 Å². The number of unbranched alkanes of at least 4 members (excludes halogenated alkanes) is 34. The van der Waals surface area contributed by atoms with E-state index in [1.807, 2.05) is 60.8 Å². The summed E-state index contributed by atoms with van der Waals surface area (Å²) in [5.74, 6) is -1.23. The summed E-state index contributed by atoms with van der Waals surface area (Å²) in [5, 5.41) is 56.9. The Bertz CT molecular complexity index is 1540. The summed E-state index contributed by atoms with van der Waals surface area (Å²) < 4.78 is 17.6. The topological polar surface area (TPSA) is 175 Å². The molecule has 1 saturated heterocycles. The van der Waals surface area contributed by atoms with Crippen molar-refractivity contribution in [1.82, 2.24) is 5.32 Å². The predicted octanol–water partition coefficient (Wildman–Crippen LogP) is 15.6. The summed E-state index contributed by atoms with van der Waals surface area (Å²) in [4.78, 5) is 26.5. The van der Waals surface area contributed by atoms with Gasteiger partial charge in [-0.25, -0.2) is 0 Å². The third-order valence-corrected chi connectivity index (χ3v) is 15.0. The minimum absolute atomic E-state index is 0.119. The Morgan fingerprint density at radius 2 is 0.923 bits per heavy atom. The van der Waals surface area contributed by atoms with Crippen LogP contribution in [0, 0.1) is 0 Å². The van der Waals surface area contributed by atoms with Crippen LogP contribution in [0.15, 0.2) is 72.9 Å². The molecule has 11 heteroatoms. The summed E-state index contributed by atoms with van der Waals surface area (Å²) in [7, 11) is 0. The molecule has 0 aromatic carbocycles. The first-order valence-electron chi connectivity index (χ1n) is 32.3. The largest absolute Gasteiger partial charge is 0.454 e. The number of amides is 1. The molecule has 0 spiro atoms.